The van der Waals surface area contributed by atoms with Crippen molar-refractivity contribution in [3.63, 3.8) is 0 Å². The Morgan fingerprint density at radius 3 is 1.43 bits per heavy atom. The van der Waals surface area contributed by atoms with E-state index in [1.54, 1.807) is 22.7 Å². The first-order valence-electron chi connectivity index (χ1n) is 5.88. The molecular formula is C14H10MnN2S4. The molecule has 2 heterocycles. The summed E-state index contributed by atoms with van der Waals surface area (Å²) >= 11 is 13.2. The Labute approximate surface area is 150 Å². The Balaban J connectivity index is 0.000000147. The van der Waals surface area contributed by atoms with Crippen molar-refractivity contribution in [3.05, 3.63) is 56.4 Å². The first-order chi connectivity index (χ1) is 9.72. The molecule has 0 saturated carbocycles. The fraction of sp³-hybridized carbons (Fsp3) is 0. The summed E-state index contributed by atoms with van der Waals surface area (Å²) in [5, 5.41) is 0. The molecule has 0 aliphatic carbocycles. The summed E-state index contributed by atoms with van der Waals surface area (Å²) in [5.41, 5.74) is 2.27. The van der Waals surface area contributed by atoms with E-state index < -0.39 is 0 Å². The molecule has 0 unspecified atom stereocenters. The van der Waals surface area contributed by atoms with E-state index in [1.807, 2.05) is 36.4 Å². The van der Waals surface area contributed by atoms with E-state index in [4.69, 9.17) is 24.4 Å². The average Bonchev–Trinajstić information content (AvgIpc) is 2.99. The molecular weight excluding hydrogens is 379 g/mol. The molecule has 4 rings (SSSR count). The van der Waals surface area contributed by atoms with Crippen molar-refractivity contribution in [1.29, 1.82) is 0 Å². The van der Waals surface area contributed by atoms with E-state index in [0.717, 1.165) is 18.9 Å². The molecule has 0 saturated heterocycles. The van der Waals surface area contributed by atoms with Crippen LogP contribution in [0.4, 0.5) is 0 Å². The second kappa shape index (κ2) is 7.44. The van der Waals surface area contributed by atoms with Crippen molar-refractivity contribution < 1.29 is 17.1 Å². The maximum absolute atomic E-state index is 4.98. The van der Waals surface area contributed by atoms with Crippen LogP contribution in [0.3, 0.4) is 0 Å². The van der Waals surface area contributed by atoms with Crippen LogP contribution in [-0.2, 0) is 17.1 Å². The van der Waals surface area contributed by atoms with E-state index in [1.165, 1.54) is 9.40 Å². The minimum Gasteiger partial charge on any atom is -0.337 e. The minimum atomic E-state index is 0. The number of hydrogen-bond donors (Lipinski definition) is 2. The van der Waals surface area contributed by atoms with Gasteiger partial charge < -0.3 is 9.97 Å². The van der Waals surface area contributed by atoms with Gasteiger partial charge in [0, 0.05) is 17.1 Å². The molecule has 0 spiro atoms. The van der Waals surface area contributed by atoms with Crippen LogP contribution in [0.5, 0.6) is 0 Å². The molecule has 2 aromatic carbocycles. The SMILES string of the molecule is S=c1[nH]c2ccccc2s1.S=c1[nH]c2ccccc2s1.[Mn]. The van der Waals surface area contributed by atoms with Gasteiger partial charge in [0.15, 0.2) is 7.91 Å². The molecule has 1 radical (unpaired) electrons. The third kappa shape index (κ3) is 4.09. The van der Waals surface area contributed by atoms with Gasteiger partial charge in [-0.25, -0.2) is 0 Å². The first-order valence-corrected chi connectivity index (χ1v) is 8.33. The Hall–Kier alpha value is -0.821. The van der Waals surface area contributed by atoms with Gasteiger partial charge in [0.05, 0.1) is 20.4 Å². The Morgan fingerprint density at radius 1 is 0.667 bits per heavy atom. The number of fused-ring (bicyclic) bond motifs is 2. The molecule has 0 aliphatic rings. The summed E-state index contributed by atoms with van der Waals surface area (Å²) in [7, 11) is 0. The maximum atomic E-state index is 4.98. The van der Waals surface area contributed by atoms with Crippen molar-refractivity contribution in [1.82, 2.24) is 9.97 Å². The van der Waals surface area contributed by atoms with Crippen molar-refractivity contribution in [2.24, 2.45) is 0 Å². The van der Waals surface area contributed by atoms with Crippen LogP contribution in [0.1, 0.15) is 0 Å². The number of aromatic nitrogens is 2. The summed E-state index contributed by atoms with van der Waals surface area (Å²) in [4.78, 5) is 6.18. The van der Waals surface area contributed by atoms with Gasteiger partial charge in [-0.05, 0) is 48.7 Å². The molecule has 2 N–H and O–H groups in total. The zero-order valence-corrected chi connectivity index (χ0v) is 15.1. The van der Waals surface area contributed by atoms with E-state index in [0.29, 0.717) is 0 Å². The van der Waals surface area contributed by atoms with Crippen molar-refractivity contribution in [2.45, 2.75) is 0 Å². The fourth-order valence-electron chi connectivity index (χ4n) is 1.79. The number of para-hydroxylation sites is 2. The molecule has 21 heavy (non-hydrogen) atoms. The second-order valence-corrected chi connectivity index (χ2v) is 7.46. The van der Waals surface area contributed by atoms with Crippen LogP contribution in [-0.4, -0.2) is 9.97 Å². The monoisotopic (exact) mass is 389 g/mol. The molecule has 107 valence electrons. The number of H-pyrrole nitrogens is 2. The second-order valence-electron chi connectivity index (χ2n) is 4.02. The van der Waals surface area contributed by atoms with Gasteiger partial charge in [-0.15, -0.1) is 22.7 Å². The molecule has 0 fully saturated rings. The zero-order valence-electron chi connectivity index (χ0n) is 10.6. The Morgan fingerprint density at radius 2 is 1.05 bits per heavy atom. The number of benzene rings is 2. The fourth-order valence-corrected chi connectivity index (χ4v) is 4.02. The smallest absolute Gasteiger partial charge is 0.159 e. The quantitative estimate of drug-likeness (QED) is 0.289. The number of thiazole rings is 2. The molecule has 0 atom stereocenters. The van der Waals surface area contributed by atoms with Crippen LogP contribution in [0, 0.1) is 7.91 Å². The van der Waals surface area contributed by atoms with Crippen LogP contribution < -0.4 is 0 Å². The van der Waals surface area contributed by atoms with Gasteiger partial charge in [-0.3, -0.25) is 0 Å². The Bertz CT molecular complexity index is 812. The molecule has 0 bridgehead atoms. The molecule has 4 aromatic rings. The third-order valence-electron chi connectivity index (χ3n) is 2.65. The first kappa shape index (κ1) is 16.5. The van der Waals surface area contributed by atoms with Gasteiger partial charge in [-0.1, -0.05) is 24.3 Å². The zero-order chi connectivity index (χ0) is 13.9. The van der Waals surface area contributed by atoms with Gasteiger partial charge in [0.1, 0.15) is 0 Å². The van der Waals surface area contributed by atoms with Crippen molar-refractivity contribution >= 4 is 67.5 Å². The molecule has 0 amide bonds. The standard InChI is InChI=1S/2C7H5NS2.Mn/c2*9-7-8-5-3-1-2-4-6(5)10-7;/h2*1-4H,(H,8,9);. The van der Waals surface area contributed by atoms with E-state index in [2.05, 4.69) is 22.1 Å². The maximum Gasteiger partial charge on any atom is 0.159 e. The van der Waals surface area contributed by atoms with Gasteiger partial charge in [0.25, 0.3) is 0 Å². The number of hydrogen-bond acceptors (Lipinski definition) is 4. The summed E-state index contributed by atoms with van der Waals surface area (Å²) in [6, 6.07) is 16.2. The van der Waals surface area contributed by atoms with E-state index in [9.17, 15) is 0 Å². The number of nitrogens with one attached hydrogen (secondary N) is 2. The predicted octanol–water partition coefficient (Wildman–Crippen LogP) is 5.92. The predicted molar refractivity (Wildman–Crippen MR) is 94.0 cm³/mol. The minimum absolute atomic E-state index is 0. The van der Waals surface area contributed by atoms with E-state index in [-0.39, 0.29) is 17.1 Å². The normalized spacial score (nSPS) is 9.90. The topological polar surface area (TPSA) is 31.6 Å². The summed E-state index contributed by atoms with van der Waals surface area (Å²) in [6.07, 6.45) is 0. The van der Waals surface area contributed by atoms with Crippen LogP contribution in [0.25, 0.3) is 20.4 Å². The third-order valence-corrected chi connectivity index (χ3v) is 5.08. The van der Waals surface area contributed by atoms with E-state index >= 15 is 0 Å². The average molecular weight is 389 g/mol. The molecule has 2 nitrogen and oxygen atoms in total. The van der Waals surface area contributed by atoms with Crippen molar-refractivity contribution in [2.75, 3.05) is 0 Å². The van der Waals surface area contributed by atoms with Gasteiger partial charge in [-0.2, -0.15) is 0 Å². The van der Waals surface area contributed by atoms with Crippen molar-refractivity contribution in [3.8, 4) is 0 Å². The number of aromatic amines is 2. The summed E-state index contributed by atoms with van der Waals surface area (Å²) in [6.45, 7) is 0. The molecule has 7 heteroatoms. The van der Waals surface area contributed by atoms with Crippen LogP contribution in [0.2, 0.25) is 0 Å². The Kier molecular flexibility index (Phi) is 5.87. The summed E-state index contributed by atoms with van der Waals surface area (Å²) < 4.78 is 4.16. The largest absolute Gasteiger partial charge is 0.337 e. The van der Waals surface area contributed by atoms with Crippen LogP contribution in [0.15, 0.2) is 48.5 Å². The molecule has 2 aromatic heterocycles. The van der Waals surface area contributed by atoms with Gasteiger partial charge in [0.2, 0.25) is 0 Å². The number of rotatable bonds is 0. The van der Waals surface area contributed by atoms with Gasteiger partial charge >= 0.3 is 0 Å². The van der Waals surface area contributed by atoms with Crippen LogP contribution >= 0.6 is 47.1 Å². The summed E-state index contributed by atoms with van der Waals surface area (Å²) in [5.74, 6) is 0. The molecule has 0 aliphatic heterocycles.